The Morgan fingerprint density at radius 3 is 2.39 bits per heavy atom. The van der Waals surface area contributed by atoms with Crippen molar-refractivity contribution in [3.05, 3.63) is 33.9 Å². The quantitative estimate of drug-likeness (QED) is 0.671. The van der Waals surface area contributed by atoms with Crippen LogP contribution in [0.2, 0.25) is 0 Å². The van der Waals surface area contributed by atoms with E-state index in [0.29, 0.717) is 0 Å². The van der Waals surface area contributed by atoms with Crippen LogP contribution in [0, 0.1) is 10.1 Å². The van der Waals surface area contributed by atoms with E-state index >= 15 is 0 Å². The molecule has 0 bridgehead atoms. The average molecular weight is 336 g/mol. The molecule has 0 radical (unpaired) electrons. The minimum absolute atomic E-state index is 0.277. The predicted molar refractivity (Wildman–Crippen MR) is 72.9 cm³/mol. The molecule has 0 aliphatic rings. The Kier molecular flexibility index (Phi) is 5.41. The number of benzene rings is 1. The molecular formula is C13H15F3N2O5. The molecule has 0 aromatic heterocycles. The minimum Gasteiger partial charge on any atom is -0.445 e. The van der Waals surface area contributed by atoms with Crippen LogP contribution in [0.15, 0.2) is 18.2 Å². The average Bonchev–Trinajstić information content (AvgIpc) is 2.33. The van der Waals surface area contributed by atoms with Crippen LogP contribution in [0.4, 0.5) is 23.7 Å². The van der Waals surface area contributed by atoms with Gasteiger partial charge in [0.2, 0.25) is 0 Å². The molecule has 23 heavy (non-hydrogen) atoms. The van der Waals surface area contributed by atoms with Crippen molar-refractivity contribution in [3.8, 4) is 5.75 Å². The number of carbonyl (C=O) groups is 1. The maximum absolute atomic E-state index is 12.3. The molecule has 0 aliphatic heterocycles. The number of nitrogens with zero attached hydrogens (tertiary/aromatic N) is 1. The zero-order valence-corrected chi connectivity index (χ0v) is 12.6. The number of nitro benzene ring substituents is 1. The molecule has 0 heterocycles. The molecule has 1 aromatic carbocycles. The van der Waals surface area contributed by atoms with Gasteiger partial charge < -0.3 is 14.8 Å². The fourth-order valence-corrected chi connectivity index (χ4v) is 1.50. The first-order valence-corrected chi connectivity index (χ1v) is 6.35. The largest absolute Gasteiger partial charge is 0.573 e. The summed E-state index contributed by atoms with van der Waals surface area (Å²) in [5.74, 6) is -0.674. The number of hydrogen-bond donors (Lipinski definition) is 1. The van der Waals surface area contributed by atoms with Crippen LogP contribution in [0.1, 0.15) is 26.3 Å². The summed E-state index contributed by atoms with van der Waals surface area (Å²) in [7, 11) is 0. The molecule has 0 spiro atoms. The number of ether oxygens (including phenoxy) is 2. The van der Waals surface area contributed by atoms with Gasteiger partial charge in [-0.1, -0.05) is 0 Å². The van der Waals surface area contributed by atoms with Gasteiger partial charge in [-0.2, -0.15) is 0 Å². The SMILES string of the molecule is CC(C)(C)NC(=O)OCc1cc([N+](=O)[O-])ccc1OC(F)(F)F. The molecule has 0 atom stereocenters. The topological polar surface area (TPSA) is 90.7 Å². The molecule has 128 valence electrons. The molecule has 0 aliphatic carbocycles. The number of carbonyl (C=O) groups excluding carboxylic acids is 1. The maximum Gasteiger partial charge on any atom is 0.573 e. The van der Waals surface area contributed by atoms with Crippen LogP contribution in [-0.4, -0.2) is 22.9 Å². The second-order valence-electron chi connectivity index (χ2n) is 5.55. The maximum atomic E-state index is 12.3. The molecule has 1 rings (SSSR count). The Balaban J connectivity index is 2.94. The molecule has 10 heteroatoms. The summed E-state index contributed by atoms with van der Waals surface area (Å²) < 4.78 is 45.5. The third-order valence-corrected chi connectivity index (χ3v) is 2.32. The van der Waals surface area contributed by atoms with Crippen LogP contribution in [-0.2, 0) is 11.3 Å². The highest BCUT2D eigenvalue weighted by atomic mass is 19.4. The number of rotatable bonds is 4. The van der Waals surface area contributed by atoms with Crippen molar-refractivity contribution in [1.82, 2.24) is 5.32 Å². The van der Waals surface area contributed by atoms with Gasteiger partial charge in [0.05, 0.1) is 4.92 Å². The van der Waals surface area contributed by atoms with E-state index in [0.717, 1.165) is 18.2 Å². The Morgan fingerprint density at radius 1 is 1.30 bits per heavy atom. The Hall–Kier alpha value is -2.52. The van der Waals surface area contributed by atoms with Crippen LogP contribution < -0.4 is 10.1 Å². The summed E-state index contributed by atoms with van der Waals surface area (Å²) >= 11 is 0. The lowest BCUT2D eigenvalue weighted by Gasteiger charge is -2.20. The molecule has 0 saturated carbocycles. The van der Waals surface area contributed by atoms with Crippen molar-refractivity contribution >= 4 is 11.8 Å². The summed E-state index contributed by atoms with van der Waals surface area (Å²) in [6, 6.07) is 2.51. The van der Waals surface area contributed by atoms with Gasteiger partial charge in [-0.15, -0.1) is 13.2 Å². The van der Waals surface area contributed by atoms with Crippen LogP contribution in [0.25, 0.3) is 0 Å². The van der Waals surface area contributed by atoms with Crippen molar-refractivity contribution in [1.29, 1.82) is 0 Å². The first kappa shape index (κ1) is 18.5. The lowest BCUT2D eigenvalue weighted by Crippen LogP contribution is -2.40. The molecule has 1 N–H and O–H groups in total. The van der Waals surface area contributed by atoms with Gasteiger partial charge >= 0.3 is 12.5 Å². The number of nitrogens with one attached hydrogen (secondary N) is 1. The number of halogens is 3. The summed E-state index contributed by atoms with van der Waals surface area (Å²) in [6.45, 7) is 4.43. The molecule has 0 fully saturated rings. The normalized spacial score (nSPS) is 11.7. The van der Waals surface area contributed by atoms with E-state index in [9.17, 15) is 28.1 Å². The zero-order chi connectivity index (χ0) is 17.8. The Bertz CT molecular complexity index is 596. The van der Waals surface area contributed by atoms with E-state index in [-0.39, 0.29) is 5.56 Å². The van der Waals surface area contributed by atoms with E-state index in [1.165, 1.54) is 0 Å². The lowest BCUT2D eigenvalue weighted by molar-refractivity contribution is -0.385. The second kappa shape index (κ2) is 6.71. The van der Waals surface area contributed by atoms with Gasteiger partial charge in [0.15, 0.2) is 0 Å². The first-order chi connectivity index (χ1) is 10.4. The number of nitro groups is 1. The van der Waals surface area contributed by atoms with Crippen molar-refractivity contribution in [2.45, 2.75) is 39.3 Å². The summed E-state index contributed by atoms with van der Waals surface area (Å²) in [4.78, 5) is 21.4. The van der Waals surface area contributed by atoms with Gasteiger partial charge in [-0.05, 0) is 26.8 Å². The Labute approximate surface area is 129 Å². The highest BCUT2D eigenvalue weighted by molar-refractivity contribution is 5.68. The second-order valence-corrected chi connectivity index (χ2v) is 5.55. The van der Waals surface area contributed by atoms with Gasteiger partial charge in [0, 0.05) is 23.2 Å². The fourth-order valence-electron chi connectivity index (χ4n) is 1.50. The van der Waals surface area contributed by atoms with Crippen molar-refractivity contribution in [2.24, 2.45) is 0 Å². The number of non-ortho nitro benzene ring substituents is 1. The number of alkyl carbamates (subject to hydrolysis) is 1. The molecule has 1 aromatic rings. The number of hydrogen-bond acceptors (Lipinski definition) is 5. The van der Waals surface area contributed by atoms with Crippen molar-refractivity contribution in [3.63, 3.8) is 0 Å². The third-order valence-electron chi connectivity index (χ3n) is 2.32. The standard InChI is InChI=1S/C13H15F3N2O5/c1-12(2,3)17-11(19)22-7-8-6-9(18(20)21)4-5-10(8)23-13(14,15)16/h4-6H,7H2,1-3H3,(H,17,19). The molecule has 1 amide bonds. The van der Waals surface area contributed by atoms with Gasteiger partial charge in [0.25, 0.3) is 5.69 Å². The van der Waals surface area contributed by atoms with Crippen LogP contribution in [0.5, 0.6) is 5.75 Å². The molecule has 0 unspecified atom stereocenters. The van der Waals surface area contributed by atoms with Gasteiger partial charge in [0.1, 0.15) is 12.4 Å². The first-order valence-electron chi connectivity index (χ1n) is 6.35. The highest BCUT2D eigenvalue weighted by Crippen LogP contribution is 2.30. The predicted octanol–water partition coefficient (Wildman–Crippen LogP) is 3.52. The number of alkyl halides is 3. The fraction of sp³-hybridized carbons (Fsp3) is 0.462. The Morgan fingerprint density at radius 2 is 1.91 bits per heavy atom. The molecule has 7 nitrogen and oxygen atoms in total. The van der Waals surface area contributed by atoms with Gasteiger partial charge in [-0.25, -0.2) is 4.79 Å². The number of amides is 1. The lowest BCUT2D eigenvalue weighted by atomic mass is 10.1. The van der Waals surface area contributed by atoms with E-state index in [4.69, 9.17) is 4.74 Å². The smallest absolute Gasteiger partial charge is 0.445 e. The van der Waals surface area contributed by atoms with E-state index in [1.807, 2.05) is 0 Å². The summed E-state index contributed by atoms with van der Waals surface area (Å²) in [5.41, 5.74) is -1.33. The minimum atomic E-state index is -4.97. The van der Waals surface area contributed by atoms with Crippen molar-refractivity contribution < 1.29 is 32.4 Å². The highest BCUT2D eigenvalue weighted by Gasteiger charge is 2.32. The summed E-state index contributed by atoms with van der Waals surface area (Å²) in [6.07, 6.45) is -5.85. The monoisotopic (exact) mass is 336 g/mol. The third kappa shape index (κ3) is 6.85. The summed E-state index contributed by atoms with van der Waals surface area (Å²) in [5, 5.41) is 13.1. The van der Waals surface area contributed by atoms with Crippen LogP contribution >= 0.6 is 0 Å². The zero-order valence-electron chi connectivity index (χ0n) is 12.6. The van der Waals surface area contributed by atoms with E-state index in [1.54, 1.807) is 20.8 Å². The van der Waals surface area contributed by atoms with Gasteiger partial charge in [-0.3, -0.25) is 10.1 Å². The molecular weight excluding hydrogens is 321 g/mol. The van der Waals surface area contributed by atoms with E-state index in [2.05, 4.69) is 10.1 Å². The van der Waals surface area contributed by atoms with E-state index < -0.39 is 41.0 Å². The molecule has 0 saturated heterocycles. The van der Waals surface area contributed by atoms with Crippen molar-refractivity contribution in [2.75, 3.05) is 0 Å². The van der Waals surface area contributed by atoms with Crippen LogP contribution in [0.3, 0.4) is 0 Å².